The summed E-state index contributed by atoms with van der Waals surface area (Å²) >= 11 is 6.02. The Morgan fingerprint density at radius 2 is 2.11 bits per heavy atom. The van der Waals surface area contributed by atoms with Gasteiger partial charge in [-0.3, -0.25) is 4.98 Å². The highest BCUT2D eigenvalue weighted by Gasteiger charge is 2.43. The van der Waals surface area contributed by atoms with Crippen LogP contribution in [0, 0.1) is 11.3 Å². The van der Waals surface area contributed by atoms with Gasteiger partial charge in [-0.25, -0.2) is 18.2 Å². The van der Waals surface area contributed by atoms with Gasteiger partial charge in [-0.15, -0.1) is 0 Å². The molecule has 11 heteroatoms. The first-order valence-electron chi connectivity index (χ1n) is 7.69. The normalized spacial score (nSPS) is 19.5. The highest BCUT2D eigenvalue weighted by atomic mass is 35.5. The van der Waals surface area contributed by atoms with Crippen LogP contribution >= 0.6 is 11.6 Å². The van der Waals surface area contributed by atoms with Crippen LogP contribution in [-0.2, 0) is 14.6 Å². The van der Waals surface area contributed by atoms with E-state index in [0.29, 0.717) is 0 Å². The number of ether oxygens (including phenoxy) is 1. The predicted molar refractivity (Wildman–Crippen MR) is 94.0 cm³/mol. The summed E-state index contributed by atoms with van der Waals surface area (Å²) in [6.45, 7) is -0.0882. The lowest BCUT2D eigenvalue weighted by molar-refractivity contribution is 0.0557. The molecule has 2 heterocycles. The molecule has 0 saturated carbocycles. The summed E-state index contributed by atoms with van der Waals surface area (Å²) in [4.78, 5) is 20.3. The Morgan fingerprint density at radius 1 is 1.37 bits per heavy atom. The zero-order valence-electron chi connectivity index (χ0n) is 13.7. The molecule has 1 N–H and O–H groups in total. The van der Waals surface area contributed by atoms with E-state index in [2.05, 4.69) is 9.97 Å². The van der Waals surface area contributed by atoms with Crippen LogP contribution < -0.4 is 4.90 Å². The summed E-state index contributed by atoms with van der Waals surface area (Å²) in [5.74, 6) is 0.150. The van der Waals surface area contributed by atoms with Crippen molar-refractivity contribution in [3.05, 3.63) is 47.4 Å². The van der Waals surface area contributed by atoms with Crippen molar-refractivity contribution in [3.63, 3.8) is 0 Å². The number of sulfone groups is 1. The summed E-state index contributed by atoms with van der Waals surface area (Å²) in [5, 5.41) is 17.1. The van der Waals surface area contributed by atoms with Gasteiger partial charge in [0, 0.05) is 13.0 Å². The fourth-order valence-corrected chi connectivity index (χ4v) is 5.06. The summed E-state index contributed by atoms with van der Waals surface area (Å²) in [5.41, 5.74) is 0.0129. The van der Waals surface area contributed by atoms with Gasteiger partial charge in [0.15, 0.2) is 27.6 Å². The Balaban J connectivity index is 1.97. The van der Waals surface area contributed by atoms with Crippen LogP contribution in [0.4, 0.5) is 10.6 Å². The second kappa shape index (κ2) is 7.38. The van der Waals surface area contributed by atoms with Gasteiger partial charge in [0.2, 0.25) is 0 Å². The Bertz CT molecular complexity index is 1020. The average molecular weight is 409 g/mol. The van der Waals surface area contributed by atoms with E-state index < -0.39 is 27.5 Å². The molecule has 1 saturated heterocycles. The number of hydrogen-bond acceptors (Lipinski definition) is 8. The Labute approximate surface area is 159 Å². The number of anilines is 1. The number of carbonyl (C=O) groups is 1. The first kappa shape index (κ1) is 18.9. The van der Waals surface area contributed by atoms with E-state index in [1.807, 2.05) is 6.07 Å². The van der Waals surface area contributed by atoms with Crippen molar-refractivity contribution in [2.45, 2.75) is 22.8 Å². The van der Waals surface area contributed by atoms with Crippen LogP contribution in [-0.4, -0.2) is 47.7 Å². The van der Waals surface area contributed by atoms with Gasteiger partial charge < -0.3 is 14.7 Å². The van der Waals surface area contributed by atoms with Crippen LogP contribution in [0.3, 0.4) is 0 Å². The van der Waals surface area contributed by atoms with Crippen molar-refractivity contribution in [1.29, 1.82) is 5.26 Å². The molecular formula is C16H13ClN4O5S. The Morgan fingerprint density at radius 3 is 2.78 bits per heavy atom. The fraction of sp³-hybridized carbons (Fsp3) is 0.250. The number of nitrogens with zero attached hydrogens (tertiary/aromatic N) is 4. The van der Waals surface area contributed by atoms with E-state index in [1.54, 1.807) is 12.1 Å². The molecule has 0 unspecified atom stereocenters. The van der Waals surface area contributed by atoms with E-state index in [4.69, 9.17) is 26.7 Å². The van der Waals surface area contributed by atoms with Gasteiger partial charge in [-0.05, 0) is 12.1 Å². The smallest absolute Gasteiger partial charge is 0.450 e. The van der Waals surface area contributed by atoms with Gasteiger partial charge in [0.05, 0.1) is 27.6 Å². The molecule has 1 aliphatic rings. The van der Waals surface area contributed by atoms with Crippen LogP contribution in [0.15, 0.2) is 41.6 Å². The molecule has 2 atom stereocenters. The first-order valence-corrected chi connectivity index (χ1v) is 9.62. The molecule has 140 valence electrons. The van der Waals surface area contributed by atoms with E-state index >= 15 is 0 Å². The second-order valence-corrected chi connectivity index (χ2v) is 8.30. The van der Waals surface area contributed by atoms with E-state index in [0.717, 1.165) is 0 Å². The maximum atomic E-state index is 13.0. The maximum absolute atomic E-state index is 13.0. The molecule has 3 rings (SSSR count). The summed E-state index contributed by atoms with van der Waals surface area (Å²) in [6, 6.07) is 7.85. The molecule has 1 aromatic carbocycles. The van der Waals surface area contributed by atoms with Crippen molar-refractivity contribution < 1.29 is 23.1 Å². The second-order valence-electron chi connectivity index (χ2n) is 5.70. The third kappa shape index (κ3) is 3.79. The molecule has 9 nitrogen and oxygen atoms in total. The molecule has 0 amide bonds. The van der Waals surface area contributed by atoms with Gasteiger partial charge in [0.25, 0.3) is 0 Å². The van der Waals surface area contributed by atoms with E-state index in [1.165, 1.54) is 29.4 Å². The number of hydrogen-bond donors (Lipinski definition) is 1. The van der Waals surface area contributed by atoms with Crippen molar-refractivity contribution >= 4 is 33.4 Å². The van der Waals surface area contributed by atoms with Crippen LogP contribution in [0.5, 0.6) is 0 Å². The number of carboxylic acid groups (broad SMARTS) is 1. The van der Waals surface area contributed by atoms with Gasteiger partial charge in [-0.1, -0.05) is 23.7 Å². The molecule has 27 heavy (non-hydrogen) atoms. The fourth-order valence-electron chi connectivity index (χ4n) is 2.86. The number of rotatable bonds is 4. The lowest BCUT2D eigenvalue weighted by Gasteiger charge is -2.23. The lowest BCUT2D eigenvalue weighted by Crippen LogP contribution is -2.34. The predicted octanol–water partition coefficient (Wildman–Crippen LogP) is 2.07. The van der Waals surface area contributed by atoms with E-state index in [9.17, 15) is 13.2 Å². The number of benzene rings is 1. The minimum atomic E-state index is -3.85. The molecule has 1 aromatic heterocycles. The van der Waals surface area contributed by atoms with E-state index in [-0.39, 0.29) is 34.4 Å². The van der Waals surface area contributed by atoms with Gasteiger partial charge in [-0.2, -0.15) is 5.26 Å². The number of nitriles is 1. The van der Waals surface area contributed by atoms with Crippen LogP contribution in [0.2, 0.25) is 5.02 Å². The first-order chi connectivity index (χ1) is 12.8. The molecule has 0 bridgehead atoms. The highest BCUT2D eigenvalue weighted by Crippen LogP contribution is 2.33. The summed E-state index contributed by atoms with van der Waals surface area (Å²) in [7, 11) is -3.85. The standard InChI is InChI=1S/C16H13ClN4O5S/c17-12-3-1-2-4-13(12)27(24,25)11-5-15(26-16(22)23)21(9-11)14-8-19-7-10(6-18)20-14/h1-4,7-8,11,15H,5,9H2,(H,22,23)/t11-,15-/m0/s1. The average Bonchev–Trinajstić information content (AvgIpc) is 3.06. The molecule has 0 aliphatic carbocycles. The minimum Gasteiger partial charge on any atom is -0.450 e. The molecule has 0 spiro atoms. The SMILES string of the molecule is N#Cc1cncc(N2C[C@@H](S(=O)(=O)c3ccccc3Cl)C[C@@H]2OC(=O)O)n1. The van der Waals surface area contributed by atoms with Crippen molar-refractivity contribution in [2.75, 3.05) is 11.4 Å². The Hall–Kier alpha value is -2.90. The van der Waals surface area contributed by atoms with Gasteiger partial charge >= 0.3 is 6.16 Å². The molecule has 1 aliphatic heterocycles. The van der Waals surface area contributed by atoms with Crippen LogP contribution in [0.1, 0.15) is 12.1 Å². The zero-order chi connectivity index (χ0) is 19.6. The number of aromatic nitrogens is 2. The Kier molecular flexibility index (Phi) is 5.16. The van der Waals surface area contributed by atoms with Crippen molar-refractivity contribution in [2.24, 2.45) is 0 Å². The summed E-state index contributed by atoms with van der Waals surface area (Å²) in [6.07, 6.45) is -0.204. The zero-order valence-corrected chi connectivity index (χ0v) is 15.3. The largest absolute Gasteiger partial charge is 0.507 e. The maximum Gasteiger partial charge on any atom is 0.507 e. The lowest BCUT2D eigenvalue weighted by atomic mass is 10.3. The van der Waals surface area contributed by atoms with Crippen LogP contribution in [0.25, 0.3) is 0 Å². The quantitative estimate of drug-likeness (QED) is 0.754. The molecule has 0 radical (unpaired) electrons. The number of halogens is 1. The third-order valence-electron chi connectivity index (χ3n) is 4.06. The molecule has 1 fully saturated rings. The van der Waals surface area contributed by atoms with Gasteiger partial charge in [0.1, 0.15) is 6.07 Å². The molecule has 2 aromatic rings. The third-order valence-corrected chi connectivity index (χ3v) is 6.69. The minimum absolute atomic E-state index is 0.0129. The van der Waals surface area contributed by atoms with Crippen molar-refractivity contribution in [3.8, 4) is 6.07 Å². The highest BCUT2D eigenvalue weighted by molar-refractivity contribution is 7.92. The monoisotopic (exact) mass is 408 g/mol. The topological polar surface area (TPSA) is 133 Å². The molecular weight excluding hydrogens is 396 g/mol. The summed E-state index contributed by atoms with van der Waals surface area (Å²) < 4.78 is 30.8. The van der Waals surface area contributed by atoms with Crippen molar-refractivity contribution in [1.82, 2.24) is 9.97 Å².